The molecule has 1 rings (SSSR count). The number of carboxylic acid groups (broad SMARTS) is 1. The summed E-state index contributed by atoms with van der Waals surface area (Å²) < 4.78 is 0. The molecule has 0 spiro atoms. The molecule has 0 aliphatic heterocycles. The monoisotopic (exact) mass is 208 g/mol. The average molecular weight is 208 g/mol. The Hall–Kier alpha value is -1.58. The minimum absolute atomic E-state index is 0.450. The minimum Gasteiger partial charge on any atom is -0.481 e. The number of rotatable bonds is 4. The van der Waals surface area contributed by atoms with E-state index in [0.29, 0.717) is 6.42 Å². The van der Waals surface area contributed by atoms with Crippen molar-refractivity contribution in [1.29, 1.82) is 0 Å². The quantitative estimate of drug-likeness (QED) is 0.818. The molecule has 0 bridgehead atoms. The normalized spacial score (nSPS) is 12.2. The molecule has 0 saturated carbocycles. The highest BCUT2D eigenvalue weighted by Gasteiger charge is 2.17. The van der Waals surface area contributed by atoms with Gasteiger partial charge in [-0.2, -0.15) is 0 Å². The second-order valence-electron chi connectivity index (χ2n) is 3.64. The maximum atomic E-state index is 10.9. The third-order valence-corrected chi connectivity index (χ3v) is 2.34. The van der Waals surface area contributed by atoms with E-state index in [1.165, 1.54) is 0 Å². The molecule has 1 heterocycles. The Morgan fingerprint density at radius 1 is 1.53 bits per heavy atom. The lowest BCUT2D eigenvalue weighted by Crippen LogP contribution is -2.13. The predicted molar refractivity (Wildman–Crippen MR) is 59.2 cm³/mol. The molecule has 0 aliphatic carbocycles. The van der Waals surface area contributed by atoms with E-state index in [2.05, 4.69) is 4.98 Å². The molecule has 1 aromatic rings. The van der Waals surface area contributed by atoms with Gasteiger partial charge in [0.25, 0.3) is 0 Å². The fourth-order valence-electron chi connectivity index (χ4n) is 1.42. The Morgan fingerprint density at radius 3 is 2.53 bits per heavy atom. The van der Waals surface area contributed by atoms with E-state index in [9.17, 15) is 4.79 Å². The van der Waals surface area contributed by atoms with Crippen molar-refractivity contribution in [2.75, 3.05) is 19.0 Å². The van der Waals surface area contributed by atoms with Crippen molar-refractivity contribution in [2.45, 2.75) is 19.3 Å². The lowest BCUT2D eigenvalue weighted by molar-refractivity contribution is -0.138. The molecule has 0 fully saturated rings. The molecule has 4 nitrogen and oxygen atoms in total. The summed E-state index contributed by atoms with van der Waals surface area (Å²) in [5.74, 6) is -0.412. The van der Waals surface area contributed by atoms with E-state index < -0.39 is 11.9 Å². The molecule has 15 heavy (non-hydrogen) atoms. The van der Waals surface area contributed by atoms with Gasteiger partial charge in [-0.05, 0) is 18.1 Å². The molecule has 0 radical (unpaired) electrons. The standard InChI is InChI=1S/C11H16N2O2/c1-4-9(11(14)15)8-5-6-10(12-7-8)13(2)3/h5-7,9H,4H2,1-3H3,(H,14,15). The molecule has 0 aliphatic rings. The van der Waals surface area contributed by atoms with Gasteiger partial charge in [0.05, 0.1) is 5.92 Å². The highest BCUT2D eigenvalue weighted by atomic mass is 16.4. The van der Waals surface area contributed by atoms with E-state index in [0.717, 1.165) is 11.4 Å². The van der Waals surface area contributed by atoms with Crippen molar-refractivity contribution in [2.24, 2.45) is 0 Å². The molecule has 82 valence electrons. The van der Waals surface area contributed by atoms with Crippen molar-refractivity contribution in [3.63, 3.8) is 0 Å². The summed E-state index contributed by atoms with van der Waals surface area (Å²) in [4.78, 5) is 17.0. The fourth-order valence-corrected chi connectivity index (χ4v) is 1.42. The number of carbonyl (C=O) groups is 1. The smallest absolute Gasteiger partial charge is 0.311 e. The summed E-state index contributed by atoms with van der Waals surface area (Å²) in [6.07, 6.45) is 2.22. The highest BCUT2D eigenvalue weighted by Crippen LogP contribution is 2.20. The first-order valence-corrected chi connectivity index (χ1v) is 4.92. The van der Waals surface area contributed by atoms with E-state index >= 15 is 0 Å². The first-order valence-electron chi connectivity index (χ1n) is 4.92. The Morgan fingerprint density at radius 2 is 2.20 bits per heavy atom. The van der Waals surface area contributed by atoms with Crippen LogP contribution in [-0.4, -0.2) is 30.2 Å². The van der Waals surface area contributed by atoms with Crippen LogP contribution in [0.5, 0.6) is 0 Å². The first kappa shape index (κ1) is 11.5. The molecule has 1 unspecified atom stereocenters. The maximum absolute atomic E-state index is 10.9. The van der Waals surface area contributed by atoms with E-state index in [-0.39, 0.29) is 0 Å². The zero-order valence-electron chi connectivity index (χ0n) is 9.27. The molecule has 1 aromatic heterocycles. The van der Waals surface area contributed by atoms with Crippen molar-refractivity contribution in [1.82, 2.24) is 4.98 Å². The van der Waals surface area contributed by atoms with Gasteiger partial charge in [-0.25, -0.2) is 4.98 Å². The van der Waals surface area contributed by atoms with Crippen LogP contribution in [0.15, 0.2) is 18.3 Å². The number of aliphatic carboxylic acids is 1. The summed E-state index contributed by atoms with van der Waals surface area (Å²) in [5.41, 5.74) is 0.760. The van der Waals surface area contributed by atoms with Crippen LogP contribution < -0.4 is 4.90 Å². The number of nitrogens with zero attached hydrogens (tertiary/aromatic N) is 2. The third-order valence-electron chi connectivity index (χ3n) is 2.34. The van der Waals surface area contributed by atoms with Gasteiger partial charge in [0.15, 0.2) is 0 Å². The minimum atomic E-state index is -0.795. The van der Waals surface area contributed by atoms with Gasteiger partial charge in [-0.1, -0.05) is 13.0 Å². The van der Waals surface area contributed by atoms with Gasteiger partial charge in [0.2, 0.25) is 0 Å². The lowest BCUT2D eigenvalue weighted by atomic mass is 9.98. The first-order chi connectivity index (χ1) is 7.06. The topological polar surface area (TPSA) is 53.4 Å². The van der Waals surface area contributed by atoms with E-state index in [1.54, 1.807) is 6.20 Å². The van der Waals surface area contributed by atoms with Crippen LogP contribution in [0.4, 0.5) is 5.82 Å². The maximum Gasteiger partial charge on any atom is 0.311 e. The molecule has 1 N–H and O–H groups in total. The number of carboxylic acids is 1. The van der Waals surface area contributed by atoms with E-state index in [1.807, 2.05) is 38.1 Å². The van der Waals surface area contributed by atoms with Gasteiger partial charge >= 0.3 is 5.97 Å². The van der Waals surface area contributed by atoms with Crippen molar-refractivity contribution < 1.29 is 9.90 Å². The van der Waals surface area contributed by atoms with Gasteiger partial charge in [0, 0.05) is 20.3 Å². The number of hydrogen-bond acceptors (Lipinski definition) is 3. The third kappa shape index (κ3) is 2.68. The molecule has 0 amide bonds. The van der Waals surface area contributed by atoms with E-state index in [4.69, 9.17) is 5.11 Å². The van der Waals surface area contributed by atoms with Crippen LogP contribution >= 0.6 is 0 Å². The van der Waals surface area contributed by atoms with Crippen LogP contribution in [0, 0.1) is 0 Å². The summed E-state index contributed by atoms with van der Waals surface area (Å²) >= 11 is 0. The second-order valence-corrected chi connectivity index (χ2v) is 3.64. The zero-order chi connectivity index (χ0) is 11.4. The van der Waals surface area contributed by atoms with Gasteiger partial charge in [-0.15, -0.1) is 0 Å². The van der Waals surface area contributed by atoms with Crippen LogP contribution in [0.25, 0.3) is 0 Å². The van der Waals surface area contributed by atoms with Crippen LogP contribution in [0.3, 0.4) is 0 Å². The summed E-state index contributed by atoms with van der Waals surface area (Å²) in [5, 5.41) is 8.97. The summed E-state index contributed by atoms with van der Waals surface area (Å²) in [6, 6.07) is 3.66. The Bertz CT molecular complexity index is 333. The number of aromatic nitrogens is 1. The number of anilines is 1. The molecule has 4 heteroatoms. The molecular weight excluding hydrogens is 192 g/mol. The fraction of sp³-hybridized carbons (Fsp3) is 0.455. The predicted octanol–water partition coefficient (Wildman–Crippen LogP) is 1.73. The average Bonchev–Trinajstić information content (AvgIpc) is 2.19. The second kappa shape index (κ2) is 4.77. The van der Waals surface area contributed by atoms with Gasteiger partial charge in [-0.3, -0.25) is 4.79 Å². The van der Waals surface area contributed by atoms with Crippen molar-refractivity contribution in [3.8, 4) is 0 Å². The van der Waals surface area contributed by atoms with Gasteiger partial charge in [0.1, 0.15) is 5.82 Å². The van der Waals surface area contributed by atoms with Crippen LogP contribution in [0.2, 0.25) is 0 Å². The van der Waals surface area contributed by atoms with Crippen molar-refractivity contribution in [3.05, 3.63) is 23.9 Å². The zero-order valence-corrected chi connectivity index (χ0v) is 9.27. The van der Waals surface area contributed by atoms with Gasteiger partial charge < -0.3 is 10.0 Å². The molecule has 0 aromatic carbocycles. The Labute approximate surface area is 89.6 Å². The largest absolute Gasteiger partial charge is 0.481 e. The molecular formula is C11H16N2O2. The lowest BCUT2D eigenvalue weighted by Gasteiger charge is -2.13. The summed E-state index contributed by atoms with van der Waals surface area (Å²) in [7, 11) is 3.80. The summed E-state index contributed by atoms with van der Waals surface area (Å²) in [6.45, 7) is 1.86. The van der Waals surface area contributed by atoms with Crippen molar-refractivity contribution >= 4 is 11.8 Å². The number of hydrogen-bond donors (Lipinski definition) is 1. The Kier molecular flexibility index (Phi) is 3.66. The highest BCUT2D eigenvalue weighted by molar-refractivity contribution is 5.75. The van der Waals surface area contributed by atoms with Crippen LogP contribution in [-0.2, 0) is 4.79 Å². The molecule has 0 saturated heterocycles. The Balaban J connectivity index is 2.92. The number of pyridine rings is 1. The van der Waals surface area contributed by atoms with Crippen LogP contribution in [0.1, 0.15) is 24.8 Å². The molecule has 1 atom stereocenters. The SMILES string of the molecule is CCC(C(=O)O)c1ccc(N(C)C)nc1.